The number of piperidine rings is 1. The van der Waals surface area contributed by atoms with Gasteiger partial charge in [0.2, 0.25) is 0 Å². The lowest BCUT2D eigenvalue weighted by Gasteiger charge is -2.38. The minimum absolute atomic E-state index is 0.0245. The number of rotatable bonds is 3. The van der Waals surface area contributed by atoms with Crippen molar-refractivity contribution in [3.63, 3.8) is 0 Å². The summed E-state index contributed by atoms with van der Waals surface area (Å²) in [7, 11) is 0. The van der Waals surface area contributed by atoms with Gasteiger partial charge in [-0.25, -0.2) is 4.68 Å². The molecular weight excluding hydrogens is 453 g/mol. The molecule has 2 unspecified atom stereocenters. The minimum atomic E-state index is -4.42. The summed E-state index contributed by atoms with van der Waals surface area (Å²) in [5.41, 5.74) is 0.260. The van der Waals surface area contributed by atoms with E-state index in [1.807, 2.05) is 22.9 Å². The second-order valence-electron chi connectivity index (χ2n) is 10.6. The number of hydrogen-bond donors (Lipinski definition) is 1. The molecule has 3 heterocycles. The summed E-state index contributed by atoms with van der Waals surface area (Å²) in [5.74, 6) is 0.489. The number of likely N-dealkylation sites (tertiary alicyclic amines) is 1. The summed E-state index contributed by atoms with van der Waals surface area (Å²) in [5, 5.41) is 8.01. The van der Waals surface area contributed by atoms with Crippen LogP contribution in [0.1, 0.15) is 59.8 Å². The van der Waals surface area contributed by atoms with Crippen molar-refractivity contribution in [1.29, 1.82) is 0 Å². The third-order valence-electron chi connectivity index (χ3n) is 7.87. The van der Waals surface area contributed by atoms with Crippen molar-refractivity contribution in [2.24, 2.45) is 5.92 Å². The smallest absolute Gasteiger partial charge is 0.363 e. The molecule has 5 nitrogen and oxygen atoms in total. The van der Waals surface area contributed by atoms with E-state index in [4.69, 9.17) is 0 Å². The van der Waals surface area contributed by atoms with E-state index < -0.39 is 17.2 Å². The lowest BCUT2D eigenvalue weighted by molar-refractivity contribution is -0.138. The summed E-state index contributed by atoms with van der Waals surface area (Å²) in [4.78, 5) is 15.4. The van der Waals surface area contributed by atoms with Gasteiger partial charge in [0.15, 0.2) is 0 Å². The van der Waals surface area contributed by atoms with Crippen LogP contribution in [-0.2, 0) is 17.1 Å². The molecule has 2 fully saturated rings. The van der Waals surface area contributed by atoms with E-state index in [1.54, 1.807) is 23.2 Å². The topological polar surface area (TPSA) is 50.2 Å². The fourth-order valence-corrected chi connectivity index (χ4v) is 6.07. The maximum Gasteiger partial charge on any atom is 0.416 e. The first-order valence-corrected chi connectivity index (χ1v) is 11.8. The largest absolute Gasteiger partial charge is 0.416 e. The van der Waals surface area contributed by atoms with Gasteiger partial charge < -0.3 is 10.2 Å². The van der Waals surface area contributed by atoms with Crippen molar-refractivity contribution >= 4 is 11.7 Å². The first-order chi connectivity index (χ1) is 16.6. The third-order valence-corrected chi connectivity index (χ3v) is 7.87. The number of halogens is 3. The molecule has 0 radical (unpaired) electrons. The minimum Gasteiger partial charge on any atom is -0.363 e. The van der Waals surface area contributed by atoms with Crippen LogP contribution >= 0.6 is 0 Å². The second-order valence-corrected chi connectivity index (χ2v) is 10.6. The highest BCUT2D eigenvalue weighted by Crippen LogP contribution is 2.61. The van der Waals surface area contributed by atoms with Crippen molar-refractivity contribution in [3.05, 3.63) is 83.0 Å². The zero-order valence-corrected chi connectivity index (χ0v) is 19.5. The van der Waals surface area contributed by atoms with Crippen LogP contribution in [0.2, 0.25) is 0 Å². The Morgan fingerprint density at radius 3 is 2.71 bits per heavy atom. The molecule has 0 bridgehead atoms. The van der Waals surface area contributed by atoms with Gasteiger partial charge in [0.1, 0.15) is 11.4 Å². The SMILES string of the molecule is CC1(C)C[C@H](c2cc#ccc2)Nc2c(C(=O)N3CC4CC4(c4ccccc4C(F)(F)F)C3)cnn21. The zero-order valence-electron chi connectivity index (χ0n) is 19.5. The fourth-order valence-electron chi connectivity index (χ4n) is 6.07. The standard InChI is InChI=1S/C27H25F3N4O/c1-25(2)13-22(17-8-4-3-5-9-17)32-23-19(14-31-34(23)25)24(35)33-15-18-12-26(18,16-33)20-10-6-7-11-21(20)27(28,29)30/h4,6-11,14,18,22,32H,12-13,15-16H2,1-2H3/t18?,22-,26?/m1/s1. The van der Waals surface area contributed by atoms with Crippen LogP contribution < -0.4 is 5.32 Å². The van der Waals surface area contributed by atoms with Gasteiger partial charge in [-0.3, -0.25) is 4.79 Å². The van der Waals surface area contributed by atoms with E-state index in [0.29, 0.717) is 29.9 Å². The molecule has 0 spiro atoms. The predicted molar refractivity (Wildman–Crippen MR) is 124 cm³/mol. The number of fused-ring (bicyclic) bond motifs is 2. The molecule has 2 aromatic carbocycles. The number of carbonyl (C=O) groups is 1. The molecule has 1 N–H and O–H groups in total. The molecule has 3 aliphatic rings. The zero-order chi connectivity index (χ0) is 24.6. The summed E-state index contributed by atoms with van der Waals surface area (Å²) in [6.07, 6.45) is -1.39. The molecular formula is C27H25F3N4O. The number of nitrogens with zero attached hydrogens (tertiary/aromatic N) is 3. The Bertz CT molecular complexity index is 1300. The first-order valence-electron chi connectivity index (χ1n) is 11.8. The van der Waals surface area contributed by atoms with E-state index in [1.165, 1.54) is 6.07 Å². The molecule has 8 heteroatoms. The summed E-state index contributed by atoms with van der Waals surface area (Å²) >= 11 is 0. The molecule has 6 rings (SSSR count). The lowest BCUT2D eigenvalue weighted by atomic mass is 9.89. The molecule has 1 amide bonds. The number of alkyl halides is 3. The summed E-state index contributed by atoms with van der Waals surface area (Å²) < 4.78 is 43.0. The molecule has 35 heavy (non-hydrogen) atoms. The molecule has 2 aliphatic heterocycles. The number of hydrogen-bond acceptors (Lipinski definition) is 3. The van der Waals surface area contributed by atoms with Crippen LogP contribution in [0.4, 0.5) is 19.0 Å². The third kappa shape index (κ3) is 3.40. The van der Waals surface area contributed by atoms with Gasteiger partial charge >= 0.3 is 6.18 Å². The number of anilines is 1. The Morgan fingerprint density at radius 1 is 1.17 bits per heavy atom. The number of amides is 1. The van der Waals surface area contributed by atoms with Gasteiger partial charge in [-0.1, -0.05) is 30.3 Å². The Labute approximate surface area is 201 Å². The number of aromatic nitrogens is 2. The highest BCUT2D eigenvalue weighted by atomic mass is 19.4. The van der Waals surface area contributed by atoms with E-state index >= 15 is 0 Å². The Hall–Kier alpha value is -3.47. The van der Waals surface area contributed by atoms with Crippen LogP contribution in [-0.4, -0.2) is 33.7 Å². The highest BCUT2D eigenvalue weighted by molar-refractivity contribution is 5.99. The van der Waals surface area contributed by atoms with Gasteiger partial charge in [0.25, 0.3) is 5.91 Å². The van der Waals surface area contributed by atoms with Crippen molar-refractivity contribution in [1.82, 2.24) is 14.7 Å². The molecule has 3 atom stereocenters. The van der Waals surface area contributed by atoms with E-state index in [0.717, 1.165) is 18.1 Å². The van der Waals surface area contributed by atoms with E-state index in [2.05, 4.69) is 36.4 Å². The Balaban J connectivity index is 1.29. The maximum absolute atomic E-state index is 13.7. The van der Waals surface area contributed by atoms with Crippen molar-refractivity contribution in [3.8, 4) is 0 Å². The number of benzene rings is 1. The van der Waals surface area contributed by atoms with Crippen molar-refractivity contribution in [2.75, 3.05) is 18.4 Å². The number of carbonyl (C=O) groups excluding carboxylic acids is 1. The van der Waals surface area contributed by atoms with Crippen LogP contribution in [0.15, 0.2) is 48.7 Å². The molecule has 1 aromatic heterocycles. The lowest BCUT2D eigenvalue weighted by Crippen LogP contribution is -2.39. The van der Waals surface area contributed by atoms with Crippen LogP contribution in [0.3, 0.4) is 0 Å². The van der Waals surface area contributed by atoms with Crippen LogP contribution in [0.25, 0.3) is 0 Å². The van der Waals surface area contributed by atoms with E-state index in [9.17, 15) is 18.0 Å². The summed E-state index contributed by atoms with van der Waals surface area (Å²) in [6.45, 7) is 4.90. The van der Waals surface area contributed by atoms with Gasteiger partial charge in [-0.15, -0.1) is 0 Å². The van der Waals surface area contributed by atoms with Crippen LogP contribution in [0, 0.1) is 18.1 Å². The molecule has 1 saturated carbocycles. The fraction of sp³-hybridized carbons (Fsp3) is 0.407. The monoisotopic (exact) mass is 478 g/mol. The van der Waals surface area contributed by atoms with Crippen LogP contribution in [0.5, 0.6) is 0 Å². The average molecular weight is 479 g/mol. The molecule has 1 saturated heterocycles. The van der Waals surface area contributed by atoms with Gasteiger partial charge in [0, 0.05) is 18.5 Å². The van der Waals surface area contributed by atoms with Gasteiger partial charge in [-0.05, 0) is 68.0 Å². The quantitative estimate of drug-likeness (QED) is 0.563. The van der Waals surface area contributed by atoms with Crippen molar-refractivity contribution < 1.29 is 18.0 Å². The Kier molecular flexibility index (Phi) is 4.57. The molecule has 1 aliphatic carbocycles. The first kappa shape index (κ1) is 22.0. The van der Waals surface area contributed by atoms with E-state index in [-0.39, 0.29) is 30.0 Å². The maximum atomic E-state index is 13.7. The van der Waals surface area contributed by atoms with Gasteiger partial charge in [-0.2, -0.15) is 18.3 Å². The summed E-state index contributed by atoms with van der Waals surface area (Å²) in [6, 6.07) is 17.3. The van der Waals surface area contributed by atoms with Gasteiger partial charge in [0.05, 0.1) is 23.3 Å². The molecule has 180 valence electrons. The molecule has 3 aromatic rings. The average Bonchev–Trinajstić information content (AvgIpc) is 3.16. The predicted octanol–water partition coefficient (Wildman–Crippen LogP) is 5.21. The second kappa shape index (κ2) is 7.27. The number of nitrogens with one attached hydrogen (secondary N) is 1. The Morgan fingerprint density at radius 2 is 1.97 bits per heavy atom. The van der Waals surface area contributed by atoms with Crippen molar-refractivity contribution in [2.45, 2.75) is 49.9 Å². The normalized spacial score (nSPS) is 26.4. The highest BCUT2D eigenvalue weighted by Gasteiger charge is 2.63.